The molecule has 0 radical (unpaired) electrons. The van der Waals surface area contributed by atoms with Gasteiger partial charge in [0.25, 0.3) is 0 Å². The Morgan fingerprint density at radius 2 is 2.09 bits per heavy atom. The first-order valence-corrected chi connectivity index (χ1v) is 8.56. The molecule has 6 heteroatoms. The lowest BCUT2D eigenvalue weighted by atomic mass is 9.96. The minimum atomic E-state index is 0.414. The Labute approximate surface area is 142 Å². The van der Waals surface area contributed by atoms with Gasteiger partial charge in [-0.1, -0.05) is 11.6 Å². The number of ether oxygens (including phenoxy) is 1. The summed E-state index contributed by atoms with van der Waals surface area (Å²) in [5.74, 6) is 0.723. The summed E-state index contributed by atoms with van der Waals surface area (Å²) in [5, 5.41) is 9.68. The second-order valence-electron chi connectivity index (χ2n) is 6.47. The molecule has 2 aliphatic rings. The number of fused-ring (bicyclic) bond motifs is 2. The number of pyridine rings is 1. The number of hydrogen-bond acceptors (Lipinski definition) is 5. The first-order chi connectivity index (χ1) is 11.1. The molecule has 0 aliphatic carbocycles. The van der Waals surface area contributed by atoms with Crippen molar-refractivity contribution in [3.63, 3.8) is 0 Å². The maximum absolute atomic E-state index is 9.06. The molecule has 0 saturated carbocycles. The van der Waals surface area contributed by atoms with E-state index >= 15 is 0 Å². The average Bonchev–Trinajstić information content (AvgIpc) is 2.80. The molecular weight excluding hydrogens is 312 g/mol. The fourth-order valence-corrected chi connectivity index (χ4v) is 4.28. The van der Waals surface area contributed by atoms with Crippen LogP contribution in [0.5, 0.6) is 0 Å². The molecule has 0 N–H and O–H groups in total. The summed E-state index contributed by atoms with van der Waals surface area (Å²) in [6.45, 7) is 1.82. The van der Waals surface area contributed by atoms with Crippen molar-refractivity contribution in [2.24, 2.45) is 0 Å². The van der Waals surface area contributed by atoms with Crippen LogP contribution in [0.15, 0.2) is 12.1 Å². The van der Waals surface area contributed by atoms with E-state index in [2.05, 4.69) is 20.9 Å². The van der Waals surface area contributed by atoms with E-state index in [-0.39, 0.29) is 0 Å². The maximum Gasteiger partial charge on any atom is 0.148 e. The zero-order chi connectivity index (χ0) is 16.4. The predicted molar refractivity (Wildman–Crippen MR) is 90.8 cm³/mol. The van der Waals surface area contributed by atoms with E-state index < -0.39 is 0 Å². The standard InChI is InChI=1S/C17H23ClN4O/c1-21(17-16(18)6-3-12(11-19)20-17)15-9-13-4-5-14(10-15)22(13)7-8-23-2/h3,6,13-15H,4-5,7-10H2,1-2H3. The van der Waals surface area contributed by atoms with Crippen LogP contribution in [0.3, 0.4) is 0 Å². The van der Waals surface area contributed by atoms with Crippen molar-refractivity contribution >= 4 is 17.4 Å². The summed E-state index contributed by atoms with van der Waals surface area (Å²) in [4.78, 5) is 9.18. The molecule has 0 amide bonds. The molecule has 2 unspecified atom stereocenters. The number of rotatable bonds is 5. The van der Waals surface area contributed by atoms with Gasteiger partial charge in [0, 0.05) is 38.8 Å². The normalized spacial score (nSPS) is 27.0. The molecule has 3 rings (SSSR count). The number of piperidine rings is 1. The summed E-state index contributed by atoms with van der Waals surface area (Å²) < 4.78 is 5.24. The van der Waals surface area contributed by atoms with Gasteiger partial charge in [-0.05, 0) is 37.8 Å². The Bertz CT molecular complexity index is 589. The van der Waals surface area contributed by atoms with Crippen molar-refractivity contribution in [2.45, 2.75) is 43.8 Å². The molecule has 0 aromatic carbocycles. The van der Waals surface area contributed by atoms with Gasteiger partial charge in [0.2, 0.25) is 0 Å². The number of nitriles is 1. The average molecular weight is 335 g/mol. The maximum atomic E-state index is 9.06. The molecule has 1 aromatic heterocycles. The highest BCUT2D eigenvalue weighted by atomic mass is 35.5. The van der Waals surface area contributed by atoms with Crippen molar-refractivity contribution < 1.29 is 4.74 Å². The van der Waals surface area contributed by atoms with Crippen molar-refractivity contribution in [1.82, 2.24) is 9.88 Å². The summed E-state index contributed by atoms with van der Waals surface area (Å²) >= 11 is 6.31. The molecule has 2 fully saturated rings. The van der Waals surface area contributed by atoms with Crippen molar-refractivity contribution in [3.8, 4) is 6.07 Å². The van der Waals surface area contributed by atoms with Crippen LogP contribution in [-0.2, 0) is 4.74 Å². The van der Waals surface area contributed by atoms with Gasteiger partial charge in [-0.15, -0.1) is 0 Å². The van der Waals surface area contributed by atoms with Crippen molar-refractivity contribution in [2.75, 3.05) is 32.2 Å². The number of anilines is 1. The monoisotopic (exact) mass is 334 g/mol. The van der Waals surface area contributed by atoms with Crippen LogP contribution in [0.4, 0.5) is 5.82 Å². The van der Waals surface area contributed by atoms with E-state index in [0.717, 1.165) is 31.8 Å². The molecule has 124 valence electrons. The highest BCUT2D eigenvalue weighted by Crippen LogP contribution is 2.38. The van der Waals surface area contributed by atoms with Crippen molar-refractivity contribution in [3.05, 3.63) is 22.8 Å². The zero-order valence-electron chi connectivity index (χ0n) is 13.7. The van der Waals surface area contributed by atoms with E-state index in [0.29, 0.717) is 28.8 Å². The van der Waals surface area contributed by atoms with Gasteiger partial charge in [0.05, 0.1) is 11.6 Å². The van der Waals surface area contributed by atoms with Crippen LogP contribution in [0, 0.1) is 11.3 Å². The van der Waals surface area contributed by atoms with Crippen LogP contribution in [0.2, 0.25) is 5.02 Å². The van der Waals surface area contributed by atoms with Gasteiger partial charge < -0.3 is 9.64 Å². The Morgan fingerprint density at radius 3 is 2.70 bits per heavy atom. The van der Waals surface area contributed by atoms with Crippen LogP contribution in [0.1, 0.15) is 31.4 Å². The highest BCUT2D eigenvalue weighted by Gasteiger charge is 2.41. The van der Waals surface area contributed by atoms with Gasteiger partial charge in [0.1, 0.15) is 17.6 Å². The summed E-state index contributed by atoms with van der Waals surface area (Å²) in [7, 11) is 3.81. The molecule has 0 spiro atoms. The van der Waals surface area contributed by atoms with Crippen LogP contribution >= 0.6 is 11.6 Å². The number of hydrogen-bond donors (Lipinski definition) is 0. The third-order valence-corrected chi connectivity index (χ3v) is 5.53. The molecule has 3 heterocycles. The number of halogens is 1. The van der Waals surface area contributed by atoms with Crippen LogP contribution in [-0.4, -0.2) is 55.3 Å². The molecule has 2 bridgehead atoms. The molecular formula is C17H23ClN4O. The smallest absolute Gasteiger partial charge is 0.148 e. The van der Waals surface area contributed by atoms with Gasteiger partial charge in [-0.3, -0.25) is 4.90 Å². The molecule has 2 saturated heterocycles. The highest BCUT2D eigenvalue weighted by molar-refractivity contribution is 6.32. The SMILES string of the molecule is COCCN1C2CCC1CC(N(C)c1nc(C#N)ccc1Cl)C2. The number of methoxy groups -OCH3 is 1. The van der Waals surface area contributed by atoms with E-state index in [1.54, 1.807) is 19.2 Å². The minimum Gasteiger partial charge on any atom is -0.383 e. The van der Waals surface area contributed by atoms with E-state index in [4.69, 9.17) is 21.6 Å². The number of aromatic nitrogens is 1. The molecule has 5 nitrogen and oxygen atoms in total. The Balaban J connectivity index is 1.73. The fourth-order valence-electron chi connectivity index (χ4n) is 4.04. The third-order valence-electron chi connectivity index (χ3n) is 5.24. The Morgan fingerprint density at radius 1 is 1.39 bits per heavy atom. The lowest BCUT2D eigenvalue weighted by molar-refractivity contribution is 0.0830. The quantitative estimate of drug-likeness (QED) is 0.828. The second-order valence-corrected chi connectivity index (χ2v) is 6.87. The van der Waals surface area contributed by atoms with Gasteiger partial charge in [-0.2, -0.15) is 5.26 Å². The minimum absolute atomic E-state index is 0.414. The zero-order valence-corrected chi connectivity index (χ0v) is 14.5. The molecule has 2 atom stereocenters. The summed E-state index contributed by atoms with van der Waals surface area (Å²) in [6.07, 6.45) is 4.76. The van der Waals surface area contributed by atoms with Crippen molar-refractivity contribution in [1.29, 1.82) is 5.26 Å². The van der Waals surface area contributed by atoms with E-state index in [9.17, 15) is 0 Å². The van der Waals surface area contributed by atoms with Gasteiger partial charge in [0.15, 0.2) is 0 Å². The first kappa shape index (κ1) is 16.5. The Kier molecular flexibility index (Phi) is 5.05. The third kappa shape index (κ3) is 3.30. The summed E-state index contributed by atoms with van der Waals surface area (Å²) in [5.41, 5.74) is 0.414. The summed E-state index contributed by atoms with van der Waals surface area (Å²) in [6, 6.07) is 7.18. The van der Waals surface area contributed by atoms with E-state index in [1.807, 2.05) is 7.05 Å². The first-order valence-electron chi connectivity index (χ1n) is 8.18. The Hall–Kier alpha value is -1.35. The van der Waals surface area contributed by atoms with Crippen LogP contribution in [0.25, 0.3) is 0 Å². The lowest BCUT2D eigenvalue weighted by Gasteiger charge is -2.42. The largest absolute Gasteiger partial charge is 0.383 e. The number of nitrogens with zero attached hydrogens (tertiary/aromatic N) is 4. The topological polar surface area (TPSA) is 52.4 Å². The second kappa shape index (κ2) is 7.04. The molecule has 23 heavy (non-hydrogen) atoms. The van der Waals surface area contributed by atoms with E-state index in [1.165, 1.54) is 12.8 Å². The van der Waals surface area contributed by atoms with Gasteiger partial charge in [-0.25, -0.2) is 4.98 Å². The molecule has 1 aromatic rings. The predicted octanol–water partition coefficient (Wildman–Crippen LogP) is 2.68. The van der Waals surface area contributed by atoms with Crippen LogP contribution < -0.4 is 4.90 Å². The lowest BCUT2D eigenvalue weighted by Crippen LogP contribution is -2.50. The molecule has 2 aliphatic heterocycles. The fraction of sp³-hybridized carbons (Fsp3) is 0.647. The van der Waals surface area contributed by atoms with Gasteiger partial charge >= 0.3 is 0 Å².